The van der Waals surface area contributed by atoms with Crippen LogP contribution in [0, 0.1) is 0 Å². The minimum absolute atomic E-state index is 0. The second-order valence-electron chi connectivity index (χ2n) is 5.33. The van der Waals surface area contributed by atoms with Gasteiger partial charge in [0.1, 0.15) is 12.4 Å². The van der Waals surface area contributed by atoms with E-state index in [0.717, 1.165) is 37.6 Å². The van der Waals surface area contributed by atoms with Crippen LogP contribution in [0.1, 0.15) is 5.56 Å². The summed E-state index contributed by atoms with van der Waals surface area (Å²) in [5.41, 5.74) is 1.58. The van der Waals surface area contributed by atoms with Crippen LogP contribution in [0.15, 0.2) is 48.7 Å². The number of hydrogen-bond donors (Lipinski definition) is 2. The molecule has 1 aromatic carbocycles. The summed E-state index contributed by atoms with van der Waals surface area (Å²) in [7, 11) is 0. The number of amides is 1. The van der Waals surface area contributed by atoms with E-state index in [9.17, 15) is 4.79 Å². The van der Waals surface area contributed by atoms with Crippen LogP contribution < -0.4 is 15.5 Å². The molecule has 0 atom stereocenters. The van der Waals surface area contributed by atoms with Crippen LogP contribution in [0.3, 0.4) is 0 Å². The van der Waals surface area contributed by atoms with Crippen molar-refractivity contribution in [1.82, 2.24) is 10.3 Å². The molecule has 1 aliphatic heterocycles. The summed E-state index contributed by atoms with van der Waals surface area (Å²) < 4.78 is 5.18. The second kappa shape index (κ2) is 9.10. The van der Waals surface area contributed by atoms with E-state index in [2.05, 4.69) is 20.5 Å². The van der Waals surface area contributed by atoms with Crippen LogP contribution in [0.25, 0.3) is 0 Å². The lowest BCUT2D eigenvalue weighted by molar-refractivity contribution is 0.155. The predicted molar refractivity (Wildman–Crippen MR) is 96.8 cm³/mol. The van der Waals surface area contributed by atoms with Crippen molar-refractivity contribution < 1.29 is 9.53 Å². The molecule has 2 aromatic rings. The first kappa shape index (κ1) is 18.0. The molecule has 1 amide bonds. The summed E-state index contributed by atoms with van der Waals surface area (Å²) in [4.78, 5) is 18.4. The third-order valence-electron chi connectivity index (χ3n) is 3.65. The first-order chi connectivity index (χ1) is 11.3. The predicted octanol–water partition coefficient (Wildman–Crippen LogP) is 2.66. The zero-order valence-electron chi connectivity index (χ0n) is 13.3. The molecule has 0 unspecified atom stereocenters. The Labute approximate surface area is 147 Å². The van der Waals surface area contributed by atoms with Crippen molar-refractivity contribution >= 4 is 30.0 Å². The molecule has 6 nitrogen and oxygen atoms in total. The highest BCUT2D eigenvalue weighted by atomic mass is 35.5. The molecule has 7 heteroatoms. The van der Waals surface area contributed by atoms with E-state index in [1.807, 2.05) is 42.5 Å². The quantitative estimate of drug-likeness (QED) is 0.889. The highest BCUT2D eigenvalue weighted by molar-refractivity contribution is 5.85. The Balaban J connectivity index is 0.00000208. The lowest BCUT2D eigenvalue weighted by Crippen LogP contribution is -2.43. The SMILES string of the molecule is Cl.O=C(Nc1ccc(N2CCNCC2)nc1)OCc1ccccc1. The van der Waals surface area contributed by atoms with Gasteiger partial charge in [-0.05, 0) is 17.7 Å². The summed E-state index contributed by atoms with van der Waals surface area (Å²) in [5.74, 6) is 0.926. The maximum absolute atomic E-state index is 11.8. The summed E-state index contributed by atoms with van der Waals surface area (Å²) >= 11 is 0. The molecule has 1 saturated heterocycles. The second-order valence-corrected chi connectivity index (χ2v) is 5.33. The molecule has 0 saturated carbocycles. The van der Waals surface area contributed by atoms with Crippen LogP contribution >= 0.6 is 12.4 Å². The minimum Gasteiger partial charge on any atom is -0.444 e. The van der Waals surface area contributed by atoms with E-state index < -0.39 is 6.09 Å². The number of ether oxygens (including phenoxy) is 1. The Kier molecular flexibility index (Phi) is 6.84. The fourth-order valence-electron chi connectivity index (χ4n) is 2.42. The Morgan fingerprint density at radius 1 is 1.17 bits per heavy atom. The number of carbonyl (C=O) groups excluding carboxylic acids is 1. The van der Waals surface area contributed by atoms with Gasteiger partial charge in [-0.25, -0.2) is 9.78 Å². The summed E-state index contributed by atoms with van der Waals surface area (Å²) in [6.07, 6.45) is 1.17. The number of piperazine rings is 1. The number of pyridine rings is 1. The van der Waals surface area contributed by atoms with Crippen molar-refractivity contribution in [3.8, 4) is 0 Å². The Bertz CT molecular complexity index is 631. The Morgan fingerprint density at radius 2 is 1.92 bits per heavy atom. The summed E-state index contributed by atoms with van der Waals surface area (Å²) in [6, 6.07) is 13.3. The van der Waals surface area contributed by atoms with Crippen molar-refractivity contribution in [2.45, 2.75) is 6.61 Å². The van der Waals surface area contributed by atoms with Crippen LogP contribution in [-0.4, -0.2) is 37.3 Å². The van der Waals surface area contributed by atoms with Crippen molar-refractivity contribution in [2.75, 3.05) is 36.4 Å². The zero-order valence-corrected chi connectivity index (χ0v) is 14.1. The van der Waals surface area contributed by atoms with Crippen molar-refractivity contribution in [3.63, 3.8) is 0 Å². The van der Waals surface area contributed by atoms with E-state index in [4.69, 9.17) is 4.74 Å². The molecule has 1 fully saturated rings. The monoisotopic (exact) mass is 348 g/mol. The first-order valence-corrected chi connectivity index (χ1v) is 7.71. The van der Waals surface area contributed by atoms with Crippen molar-refractivity contribution in [1.29, 1.82) is 0 Å². The summed E-state index contributed by atoms with van der Waals surface area (Å²) in [5, 5.41) is 5.99. The highest BCUT2D eigenvalue weighted by Gasteiger charge is 2.11. The van der Waals surface area contributed by atoms with Crippen molar-refractivity contribution in [3.05, 3.63) is 54.2 Å². The van der Waals surface area contributed by atoms with Crippen LogP contribution in [0.5, 0.6) is 0 Å². The van der Waals surface area contributed by atoms with E-state index in [-0.39, 0.29) is 19.0 Å². The number of rotatable bonds is 4. The van der Waals surface area contributed by atoms with Gasteiger partial charge in [-0.2, -0.15) is 0 Å². The topological polar surface area (TPSA) is 66.5 Å². The smallest absolute Gasteiger partial charge is 0.412 e. The Hall–Kier alpha value is -2.31. The third kappa shape index (κ3) is 5.11. The molecule has 2 heterocycles. The van der Waals surface area contributed by atoms with Gasteiger partial charge in [0.2, 0.25) is 0 Å². The van der Waals surface area contributed by atoms with E-state index >= 15 is 0 Å². The molecule has 128 valence electrons. The van der Waals surface area contributed by atoms with Crippen LogP contribution in [-0.2, 0) is 11.3 Å². The Morgan fingerprint density at radius 3 is 2.58 bits per heavy atom. The number of aromatic nitrogens is 1. The van der Waals surface area contributed by atoms with Gasteiger partial charge in [0, 0.05) is 26.2 Å². The van der Waals surface area contributed by atoms with Gasteiger partial charge in [-0.15, -0.1) is 12.4 Å². The normalized spacial score (nSPS) is 13.8. The van der Waals surface area contributed by atoms with Crippen LogP contribution in [0.4, 0.5) is 16.3 Å². The number of nitrogens with zero attached hydrogens (tertiary/aromatic N) is 2. The van der Waals surface area contributed by atoms with Gasteiger partial charge < -0.3 is 15.0 Å². The number of hydrogen-bond acceptors (Lipinski definition) is 5. The molecule has 0 spiro atoms. The number of halogens is 1. The lowest BCUT2D eigenvalue weighted by atomic mass is 10.2. The number of nitrogens with one attached hydrogen (secondary N) is 2. The molecule has 2 N–H and O–H groups in total. The van der Waals surface area contributed by atoms with Gasteiger partial charge in [0.05, 0.1) is 11.9 Å². The average molecular weight is 349 g/mol. The van der Waals surface area contributed by atoms with Gasteiger partial charge in [-0.1, -0.05) is 30.3 Å². The number of carbonyl (C=O) groups is 1. The standard InChI is InChI=1S/C17H20N4O2.ClH/c22-17(23-13-14-4-2-1-3-5-14)20-15-6-7-16(19-12-15)21-10-8-18-9-11-21;/h1-7,12,18H,8-11,13H2,(H,20,22);1H. The molecule has 1 aliphatic rings. The fraction of sp³-hybridized carbons (Fsp3) is 0.294. The minimum atomic E-state index is -0.481. The molecule has 24 heavy (non-hydrogen) atoms. The van der Waals surface area contributed by atoms with Gasteiger partial charge >= 0.3 is 6.09 Å². The molecular weight excluding hydrogens is 328 g/mol. The zero-order chi connectivity index (χ0) is 15.9. The molecule has 1 aromatic heterocycles. The first-order valence-electron chi connectivity index (χ1n) is 7.71. The largest absolute Gasteiger partial charge is 0.444 e. The van der Waals surface area contributed by atoms with Crippen molar-refractivity contribution in [2.24, 2.45) is 0 Å². The molecular formula is C17H21ClN4O2. The average Bonchev–Trinajstić information content (AvgIpc) is 2.62. The number of anilines is 2. The maximum atomic E-state index is 11.8. The third-order valence-corrected chi connectivity index (χ3v) is 3.65. The molecule has 0 bridgehead atoms. The van der Waals surface area contributed by atoms with Crippen LogP contribution in [0.2, 0.25) is 0 Å². The molecule has 0 aliphatic carbocycles. The van der Waals surface area contributed by atoms with Gasteiger partial charge in [0.15, 0.2) is 0 Å². The van der Waals surface area contributed by atoms with E-state index in [1.165, 1.54) is 0 Å². The maximum Gasteiger partial charge on any atom is 0.412 e. The van der Waals surface area contributed by atoms with E-state index in [1.54, 1.807) is 6.20 Å². The van der Waals surface area contributed by atoms with Gasteiger partial charge in [-0.3, -0.25) is 5.32 Å². The van der Waals surface area contributed by atoms with E-state index in [0.29, 0.717) is 5.69 Å². The highest BCUT2D eigenvalue weighted by Crippen LogP contribution is 2.15. The fourth-order valence-corrected chi connectivity index (χ4v) is 2.42. The molecule has 3 rings (SSSR count). The lowest BCUT2D eigenvalue weighted by Gasteiger charge is -2.28. The summed E-state index contributed by atoms with van der Waals surface area (Å²) in [6.45, 7) is 4.07. The molecule has 0 radical (unpaired) electrons. The number of benzene rings is 1. The van der Waals surface area contributed by atoms with Gasteiger partial charge in [0.25, 0.3) is 0 Å².